The van der Waals surface area contributed by atoms with Gasteiger partial charge in [-0.2, -0.15) is 0 Å². The highest BCUT2D eigenvalue weighted by Crippen LogP contribution is 2.17. The van der Waals surface area contributed by atoms with Crippen LogP contribution in [-0.2, 0) is 0 Å². The normalized spacial score (nSPS) is 10.3. The SMILES string of the molecule is CCN(CC(=O)c1ccc(Br)cc1)c1cccc(F)c1. The quantitative estimate of drug-likeness (QED) is 0.759. The third-order valence-electron chi connectivity index (χ3n) is 3.06. The van der Waals surface area contributed by atoms with Gasteiger partial charge in [-0.3, -0.25) is 4.79 Å². The third kappa shape index (κ3) is 3.67. The maximum atomic E-state index is 13.3. The lowest BCUT2D eigenvalue weighted by Gasteiger charge is -2.22. The molecular formula is C16H15BrFNO. The molecule has 0 unspecified atom stereocenters. The first kappa shape index (κ1) is 14.7. The molecule has 0 N–H and O–H groups in total. The molecule has 0 amide bonds. The number of ketones is 1. The number of likely N-dealkylation sites (N-methyl/N-ethyl adjacent to an activating group) is 1. The first-order valence-electron chi connectivity index (χ1n) is 6.39. The fourth-order valence-corrected chi connectivity index (χ4v) is 2.22. The number of hydrogen-bond donors (Lipinski definition) is 0. The summed E-state index contributed by atoms with van der Waals surface area (Å²) in [6.45, 7) is 2.83. The maximum Gasteiger partial charge on any atom is 0.182 e. The van der Waals surface area contributed by atoms with Crippen LogP contribution < -0.4 is 4.90 Å². The average molecular weight is 336 g/mol. The summed E-state index contributed by atoms with van der Waals surface area (Å²) in [4.78, 5) is 14.1. The van der Waals surface area contributed by atoms with Gasteiger partial charge in [0.2, 0.25) is 0 Å². The van der Waals surface area contributed by atoms with Crippen molar-refractivity contribution in [2.75, 3.05) is 18.0 Å². The van der Waals surface area contributed by atoms with E-state index in [-0.39, 0.29) is 18.1 Å². The summed E-state index contributed by atoms with van der Waals surface area (Å²) < 4.78 is 14.2. The minimum Gasteiger partial charge on any atom is -0.364 e. The van der Waals surface area contributed by atoms with E-state index in [0.29, 0.717) is 12.1 Å². The summed E-state index contributed by atoms with van der Waals surface area (Å²) in [5.41, 5.74) is 1.38. The molecule has 0 aliphatic carbocycles. The molecular weight excluding hydrogens is 321 g/mol. The molecule has 104 valence electrons. The Hall–Kier alpha value is -1.68. The molecule has 0 aromatic heterocycles. The zero-order chi connectivity index (χ0) is 14.5. The number of benzene rings is 2. The first-order chi connectivity index (χ1) is 9.60. The lowest BCUT2D eigenvalue weighted by atomic mass is 10.1. The second-order valence-corrected chi connectivity index (χ2v) is 5.34. The molecule has 2 aromatic rings. The molecule has 0 saturated heterocycles. The highest BCUT2D eigenvalue weighted by Gasteiger charge is 2.12. The predicted octanol–water partition coefficient (Wildman–Crippen LogP) is 4.30. The monoisotopic (exact) mass is 335 g/mol. The second-order valence-electron chi connectivity index (χ2n) is 4.42. The van der Waals surface area contributed by atoms with E-state index >= 15 is 0 Å². The standard InChI is InChI=1S/C16H15BrFNO/c1-2-19(15-5-3-4-14(18)10-15)11-16(20)12-6-8-13(17)9-7-12/h3-10H,2,11H2,1H3. The molecule has 0 aliphatic heterocycles. The molecule has 0 heterocycles. The summed E-state index contributed by atoms with van der Waals surface area (Å²) in [7, 11) is 0. The van der Waals surface area contributed by atoms with E-state index in [4.69, 9.17) is 0 Å². The van der Waals surface area contributed by atoms with Gasteiger partial charge in [0, 0.05) is 22.3 Å². The fraction of sp³-hybridized carbons (Fsp3) is 0.188. The van der Waals surface area contributed by atoms with Crippen LogP contribution in [0.2, 0.25) is 0 Å². The Labute approximate surface area is 126 Å². The molecule has 2 nitrogen and oxygen atoms in total. The Bertz CT molecular complexity index is 598. The Morgan fingerprint density at radius 3 is 2.50 bits per heavy atom. The van der Waals surface area contributed by atoms with E-state index in [1.807, 2.05) is 24.0 Å². The lowest BCUT2D eigenvalue weighted by Crippen LogP contribution is -2.29. The summed E-state index contributed by atoms with van der Waals surface area (Å²) in [6.07, 6.45) is 0. The molecule has 0 fully saturated rings. The third-order valence-corrected chi connectivity index (χ3v) is 3.58. The molecule has 0 atom stereocenters. The van der Waals surface area contributed by atoms with Crippen LogP contribution in [0.5, 0.6) is 0 Å². The van der Waals surface area contributed by atoms with Crippen molar-refractivity contribution >= 4 is 27.4 Å². The molecule has 0 spiro atoms. The predicted molar refractivity (Wildman–Crippen MR) is 82.8 cm³/mol. The molecule has 2 aromatic carbocycles. The lowest BCUT2D eigenvalue weighted by molar-refractivity contribution is 0.0999. The van der Waals surface area contributed by atoms with Crippen LogP contribution in [0.1, 0.15) is 17.3 Å². The van der Waals surface area contributed by atoms with Crippen LogP contribution in [0, 0.1) is 5.82 Å². The van der Waals surface area contributed by atoms with Crippen molar-refractivity contribution in [1.82, 2.24) is 0 Å². The Kier molecular flexibility index (Phi) is 4.90. The van der Waals surface area contributed by atoms with Crippen LogP contribution in [0.4, 0.5) is 10.1 Å². The molecule has 0 aliphatic rings. The van der Waals surface area contributed by atoms with Gasteiger partial charge in [-0.1, -0.05) is 34.1 Å². The van der Waals surface area contributed by atoms with Gasteiger partial charge in [0.25, 0.3) is 0 Å². The Morgan fingerprint density at radius 1 is 1.20 bits per heavy atom. The Balaban J connectivity index is 2.14. The molecule has 4 heteroatoms. The van der Waals surface area contributed by atoms with Crippen molar-refractivity contribution < 1.29 is 9.18 Å². The summed E-state index contributed by atoms with van der Waals surface area (Å²) in [6, 6.07) is 13.5. The highest BCUT2D eigenvalue weighted by atomic mass is 79.9. The van der Waals surface area contributed by atoms with Crippen molar-refractivity contribution in [1.29, 1.82) is 0 Å². The number of Topliss-reactive ketones (excluding diaryl/α,β-unsaturated/α-hetero) is 1. The number of carbonyl (C=O) groups is 1. The van der Waals surface area contributed by atoms with Gasteiger partial charge in [-0.15, -0.1) is 0 Å². The van der Waals surface area contributed by atoms with E-state index in [2.05, 4.69) is 15.9 Å². The molecule has 0 bridgehead atoms. The van der Waals surface area contributed by atoms with E-state index < -0.39 is 0 Å². The largest absolute Gasteiger partial charge is 0.364 e. The highest BCUT2D eigenvalue weighted by molar-refractivity contribution is 9.10. The number of rotatable bonds is 5. The molecule has 2 rings (SSSR count). The van der Waals surface area contributed by atoms with Gasteiger partial charge < -0.3 is 4.90 Å². The van der Waals surface area contributed by atoms with Crippen molar-refractivity contribution in [2.24, 2.45) is 0 Å². The minimum absolute atomic E-state index is 0.0172. The van der Waals surface area contributed by atoms with E-state index in [0.717, 1.165) is 10.2 Å². The van der Waals surface area contributed by atoms with Gasteiger partial charge >= 0.3 is 0 Å². The van der Waals surface area contributed by atoms with E-state index in [9.17, 15) is 9.18 Å². The molecule has 0 saturated carbocycles. The maximum absolute atomic E-state index is 13.3. The average Bonchev–Trinajstić information content (AvgIpc) is 2.45. The number of hydrogen-bond acceptors (Lipinski definition) is 2. The summed E-state index contributed by atoms with van der Waals surface area (Å²) in [5.74, 6) is -0.277. The van der Waals surface area contributed by atoms with Gasteiger partial charge in [0.05, 0.1) is 6.54 Å². The second kappa shape index (κ2) is 6.66. The van der Waals surface area contributed by atoms with Gasteiger partial charge in [0.1, 0.15) is 5.82 Å². The van der Waals surface area contributed by atoms with Gasteiger partial charge in [-0.05, 0) is 37.3 Å². The fourth-order valence-electron chi connectivity index (χ4n) is 1.96. The zero-order valence-corrected chi connectivity index (χ0v) is 12.7. The van der Waals surface area contributed by atoms with Gasteiger partial charge in [0.15, 0.2) is 5.78 Å². The summed E-state index contributed by atoms with van der Waals surface area (Å²) >= 11 is 3.34. The number of anilines is 1. The van der Waals surface area contributed by atoms with Crippen molar-refractivity contribution in [2.45, 2.75) is 6.92 Å². The number of nitrogens with zero attached hydrogens (tertiary/aromatic N) is 1. The van der Waals surface area contributed by atoms with Crippen molar-refractivity contribution in [3.63, 3.8) is 0 Å². The smallest absolute Gasteiger partial charge is 0.182 e. The summed E-state index contributed by atoms with van der Waals surface area (Å²) in [5, 5.41) is 0. The van der Waals surface area contributed by atoms with E-state index in [1.165, 1.54) is 12.1 Å². The van der Waals surface area contributed by atoms with Gasteiger partial charge in [-0.25, -0.2) is 4.39 Å². The van der Waals surface area contributed by atoms with Crippen molar-refractivity contribution in [3.8, 4) is 0 Å². The number of carbonyl (C=O) groups excluding carboxylic acids is 1. The molecule has 20 heavy (non-hydrogen) atoms. The Morgan fingerprint density at radius 2 is 1.90 bits per heavy atom. The van der Waals surface area contributed by atoms with Crippen LogP contribution in [0.25, 0.3) is 0 Å². The van der Waals surface area contributed by atoms with Crippen LogP contribution in [0.15, 0.2) is 53.0 Å². The van der Waals surface area contributed by atoms with Crippen LogP contribution >= 0.6 is 15.9 Å². The van der Waals surface area contributed by atoms with E-state index in [1.54, 1.807) is 24.3 Å². The molecule has 0 radical (unpaired) electrons. The number of halogens is 2. The van der Waals surface area contributed by atoms with Crippen LogP contribution in [0.3, 0.4) is 0 Å². The minimum atomic E-state index is -0.294. The topological polar surface area (TPSA) is 20.3 Å². The first-order valence-corrected chi connectivity index (χ1v) is 7.18. The van der Waals surface area contributed by atoms with Crippen LogP contribution in [-0.4, -0.2) is 18.9 Å². The zero-order valence-electron chi connectivity index (χ0n) is 11.1. The van der Waals surface area contributed by atoms with Crippen molar-refractivity contribution in [3.05, 3.63) is 64.4 Å².